The smallest absolute Gasteiger partial charge is 0.261 e. The van der Waals surface area contributed by atoms with Gasteiger partial charge < -0.3 is 9.47 Å². The van der Waals surface area contributed by atoms with Gasteiger partial charge in [0.05, 0.1) is 45.2 Å². The summed E-state index contributed by atoms with van der Waals surface area (Å²) in [5.41, 5.74) is 2.19. The third kappa shape index (κ3) is 2.77. The minimum absolute atomic E-state index is 0.295. The van der Waals surface area contributed by atoms with Crippen LogP contribution in [-0.4, -0.2) is 30.1 Å². The summed E-state index contributed by atoms with van der Waals surface area (Å²) in [5.74, 6) is 0.608. The molecule has 132 valence electrons. The van der Waals surface area contributed by atoms with Gasteiger partial charge in [0.2, 0.25) is 0 Å². The van der Waals surface area contributed by atoms with Gasteiger partial charge in [-0.3, -0.25) is 10.1 Å². The van der Waals surface area contributed by atoms with E-state index in [9.17, 15) is 4.79 Å². The quantitative estimate of drug-likeness (QED) is 0.560. The Morgan fingerprint density at radius 3 is 2.46 bits per heavy atom. The number of carbonyl (C=O) groups is 1. The molecule has 26 heavy (non-hydrogen) atoms. The van der Waals surface area contributed by atoms with Crippen molar-refractivity contribution in [1.29, 1.82) is 0 Å². The third-order valence-electron chi connectivity index (χ3n) is 3.89. The average Bonchev–Trinajstić information content (AvgIpc) is 3.22. The van der Waals surface area contributed by atoms with Crippen molar-refractivity contribution < 1.29 is 14.3 Å². The lowest BCUT2D eigenvalue weighted by atomic mass is 10.1. The summed E-state index contributed by atoms with van der Waals surface area (Å²) < 4.78 is 12.7. The van der Waals surface area contributed by atoms with Crippen LogP contribution in [0.25, 0.3) is 20.4 Å². The first-order valence-corrected chi connectivity index (χ1v) is 9.43. The van der Waals surface area contributed by atoms with E-state index in [1.165, 1.54) is 25.6 Å². The van der Waals surface area contributed by atoms with Crippen LogP contribution in [0.5, 0.6) is 11.5 Å². The first kappa shape index (κ1) is 16.7. The minimum Gasteiger partial charge on any atom is -0.493 e. The number of rotatable bonds is 4. The first-order valence-electron chi connectivity index (χ1n) is 7.79. The largest absolute Gasteiger partial charge is 0.493 e. The average molecular weight is 385 g/mol. The second-order valence-electron chi connectivity index (χ2n) is 5.51. The molecule has 2 aromatic heterocycles. The number of para-hydroxylation sites is 1. The maximum absolute atomic E-state index is 12.7. The Morgan fingerprint density at radius 2 is 1.73 bits per heavy atom. The number of methoxy groups -OCH3 is 2. The Labute approximate surface area is 157 Å². The summed E-state index contributed by atoms with van der Waals surface area (Å²) in [4.78, 5) is 21.7. The van der Waals surface area contributed by atoms with Crippen LogP contribution in [-0.2, 0) is 0 Å². The van der Waals surface area contributed by atoms with Gasteiger partial charge in [0.15, 0.2) is 16.6 Å². The molecule has 0 fully saturated rings. The van der Waals surface area contributed by atoms with E-state index in [2.05, 4.69) is 15.3 Å². The molecule has 1 amide bonds. The molecule has 0 spiro atoms. The predicted molar refractivity (Wildman–Crippen MR) is 105 cm³/mol. The monoisotopic (exact) mass is 385 g/mol. The van der Waals surface area contributed by atoms with Crippen molar-refractivity contribution in [2.45, 2.75) is 6.92 Å². The molecule has 0 unspecified atom stereocenters. The van der Waals surface area contributed by atoms with Crippen molar-refractivity contribution in [1.82, 2.24) is 9.97 Å². The van der Waals surface area contributed by atoms with E-state index in [0.29, 0.717) is 22.2 Å². The lowest BCUT2D eigenvalue weighted by molar-refractivity contribution is 0.102. The number of fused-ring (bicyclic) bond motifs is 3. The zero-order valence-corrected chi connectivity index (χ0v) is 16.0. The Bertz CT molecular complexity index is 1130. The number of hydrogen-bond acceptors (Lipinski definition) is 7. The number of nitrogens with one attached hydrogen (secondary N) is 1. The van der Waals surface area contributed by atoms with Gasteiger partial charge in [-0.2, -0.15) is 0 Å². The second kappa shape index (κ2) is 6.54. The number of amides is 1. The molecular formula is C18H15N3O3S2. The Kier molecular flexibility index (Phi) is 4.21. The molecule has 2 aromatic carbocycles. The Balaban J connectivity index is 1.71. The van der Waals surface area contributed by atoms with Crippen LogP contribution in [0.2, 0.25) is 0 Å². The molecule has 4 aromatic rings. The molecule has 0 bridgehead atoms. The summed E-state index contributed by atoms with van der Waals surface area (Å²) >= 11 is 3.07. The maximum atomic E-state index is 12.7. The number of carbonyl (C=O) groups excluding carboxylic acids is 1. The predicted octanol–water partition coefficient (Wildman–Crippen LogP) is 4.48. The molecule has 0 radical (unpaired) electrons. The molecule has 0 aliphatic heterocycles. The van der Waals surface area contributed by atoms with Gasteiger partial charge in [-0.25, -0.2) is 9.97 Å². The van der Waals surface area contributed by atoms with E-state index in [0.717, 1.165) is 25.4 Å². The fourth-order valence-electron chi connectivity index (χ4n) is 2.77. The lowest BCUT2D eigenvalue weighted by Gasteiger charge is -2.11. The van der Waals surface area contributed by atoms with E-state index in [4.69, 9.17) is 9.47 Å². The third-order valence-corrected chi connectivity index (χ3v) is 6.02. The highest BCUT2D eigenvalue weighted by Gasteiger charge is 2.18. The van der Waals surface area contributed by atoms with E-state index >= 15 is 0 Å². The normalized spacial score (nSPS) is 11.0. The molecule has 8 heteroatoms. The number of aromatic nitrogens is 2. The summed E-state index contributed by atoms with van der Waals surface area (Å²) in [7, 11) is 3.05. The summed E-state index contributed by atoms with van der Waals surface area (Å²) in [5, 5.41) is 4.40. The molecule has 1 N–H and O–H groups in total. The van der Waals surface area contributed by atoms with Gasteiger partial charge in [0, 0.05) is 0 Å². The summed E-state index contributed by atoms with van der Waals surface area (Å²) in [6.45, 7) is 1.98. The van der Waals surface area contributed by atoms with E-state index in [1.807, 2.05) is 19.1 Å². The van der Waals surface area contributed by atoms with Crippen molar-refractivity contribution in [2.24, 2.45) is 0 Å². The minimum atomic E-state index is -0.295. The number of thiazole rings is 2. The Morgan fingerprint density at radius 1 is 1.00 bits per heavy atom. The van der Waals surface area contributed by atoms with E-state index < -0.39 is 0 Å². The molecule has 4 rings (SSSR count). The number of aryl methyl sites for hydroxylation is 1. The fraction of sp³-hybridized carbons (Fsp3) is 0.167. The molecule has 0 saturated heterocycles. The van der Waals surface area contributed by atoms with Gasteiger partial charge in [0.25, 0.3) is 5.91 Å². The molecule has 6 nitrogen and oxygen atoms in total. The fourth-order valence-corrected chi connectivity index (χ4v) is 4.77. The van der Waals surface area contributed by atoms with Gasteiger partial charge in [0.1, 0.15) is 0 Å². The van der Waals surface area contributed by atoms with Crippen molar-refractivity contribution in [2.75, 3.05) is 19.5 Å². The van der Waals surface area contributed by atoms with Crippen molar-refractivity contribution in [3.63, 3.8) is 0 Å². The van der Waals surface area contributed by atoms with Crippen LogP contribution in [0, 0.1) is 6.92 Å². The lowest BCUT2D eigenvalue weighted by Crippen LogP contribution is -2.13. The van der Waals surface area contributed by atoms with Crippen LogP contribution >= 0.6 is 22.7 Å². The van der Waals surface area contributed by atoms with Gasteiger partial charge >= 0.3 is 0 Å². The highest BCUT2D eigenvalue weighted by atomic mass is 32.1. The van der Waals surface area contributed by atoms with Crippen molar-refractivity contribution in [3.05, 3.63) is 40.9 Å². The number of nitrogens with zero attached hydrogens (tertiary/aromatic N) is 2. The molecule has 0 aliphatic carbocycles. The van der Waals surface area contributed by atoms with Crippen LogP contribution < -0.4 is 14.8 Å². The van der Waals surface area contributed by atoms with Crippen LogP contribution in [0.3, 0.4) is 0 Å². The SMILES string of the molecule is COc1cccc(C(=O)Nc2nc3ccc4nc(C)sc4c3s2)c1OC. The zero-order chi connectivity index (χ0) is 18.3. The van der Waals surface area contributed by atoms with Gasteiger partial charge in [-0.15, -0.1) is 11.3 Å². The van der Waals surface area contributed by atoms with Crippen LogP contribution in [0.4, 0.5) is 5.13 Å². The number of ether oxygens (including phenoxy) is 2. The van der Waals surface area contributed by atoms with Gasteiger partial charge in [-0.05, 0) is 31.2 Å². The van der Waals surface area contributed by atoms with Gasteiger partial charge in [-0.1, -0.05) is 17.4 Å². The summed E-state index contributed by atoms with van der Waals surface area (Å²) in [6, 6.07) is 9.07. The summed E-state index contributed by atoms with van der Waals surface area (Å²) in [6.07, 6.45) is 0. The van der Waals surface area contributed by atoms with E-state index in [1.54, 1.807) is 29.5 Å². The van der Waals surface area contributed by atoms with Crippen LogP contribution in [0.1, 0.15) is 15.4 Å². The van der Waals surface area contributed by atoms with Crippen molar-refractivity contribution >= 4 is 54.1 Å². The van der Waals surface area contributed by atoms with Crippen molar-refractivity contribution in [3.8, 4) is 11.5 Å². The first-order chi connectivity index (χ1) is 12.6. The molecule has 0 saturated carbocycles. The highest BCUT2D eigenvalue weighted by Crippen LogP contribution is 2.36. The Hall–Kier alpha value is -2.71. The zero-order valence-electron chi connectivity index (χ0n) is 14.3. The van der Waals surface area contributed by atoms with Crippen LogP contribution in [0.15, 0.2) is 30.3 Å². The second-order valence-corrected chi connectivity index (χ2v) is 7.71. The highest BCUT2D eigenvalue weighted by molar-refractivity contribution is 7.28. The topological polar surface area (TPSA) is 73.3 Å². The maximum Gasteiger partial charge on any atom is 0.261 e. The number of anilines is 1. The van der Waals surface area contributed by atoms with E-state index in [-0.39, 0.29) is 5.91 Å². The molecule has 0 atom stereocenters. The standard InChI is InChI=1S/C18H15N3O3S2/c1-9-19-11-7-8-12-16(15(11)25-9)26-18(20-12)21-17(22)10-5-4-6-13(23-2)14(10)24-3/h4-8H,1-3H3,(H,20,21,22). The number of hydrogen-bond donors (Lipinski definition) is 1. The molecule has 2 heterocycles. The number of benzene rings is 2. The molecular weight excluding hydrogens is 370 g/mol. The molecule has 0 aliphatic rings.